The van der Waals surface area contributed by atoms with Gasteiger partial charge in [-0.15, -0.1) is 0 Å². The Labute approximate surface area is 98.0 Å². The van der Waals surface area contributed by atoms with Gasteiger partial charge in [-0.1, -0.05) is 0 Å². The Balaban J connectivity index is 2.96. The second-order valence-electron chi connectivity index (χ2n) is 3.04. The zero-order valence-electron chi connectivity index (χ0n) is 9.57. The van der Waals surface area contributed by atoms with Crippen molar-refractivity contribution in [3.8, 4) is 11.5 Å². The molecule has 0 N–H and O–H groups in total. The van der Waals surface area contributed by atoms with Crippen molar-refractivity contribution in [2.75, 3.05) is 27.8 Å². The average molecular weight is 244 g/mol. The Bertz CT molecular complexity index is 380. The molecule has 0 atom stereocenters. The number of benzene rings is 1. The molecular weight excluding hydrogens is 231 g/mol. The summed E-state index contributed by atoms with van der Waals surface area (Å²) < 4.78 is 33.0. The molecule has 0 aliphatic heterocycles. The molecule has 0 heterocycles. The maximum absolute atomic E-state index is 13.5. The van der Waals surface area contributed by atoms with E-state index in [1.807, 2.05) is 0 Å². The minimum absolute atomic E-state index is 0.0242. The van der Waals surface area contributed by atoms with E-state index in [0.29, 0.717) is 6.29 Å². The van der Waals surface area contributed by atoms with Crippen LogP contribution >= 0.6 is 0 Å². The van der Waals surface area contributed by atoms with E-state index in [-0.39, 0.29) is 30.6 Å². The molecule has 0 aromatic heterocycles. The van der Waals surface area contributed by atoms with E-state index in [1.54, 1.807) is 0 Å². The first-order valence-electron chi connectivity index (χ1n) is 4.75. The van der Waals surface area contributed by atoms with E-state index in [4.69, 9.17) is 9.47 Å². The molecule has 0 saturated heterocycles. The van der Waals surface area contributed by atoms with Crippen LogP contribution in [0.3, 0.4) is 0 Å². The molecular formula is C11H13FO5. The number of ether oxygens (including phenoxy) is 4. The Morgan fingerprint density at radius 3 is 2.41 bits per heavy atom. The summed E-state index contributed by atoms with van der Waals surface area (Å²) in [6.45, 7) is -0.113. The van der Waals surface area contributed by atoms with Crippen LogP contribution < -0.4 is 9.47 Å². The monoisotopic (exact) mass is 244 g/mol. The van der Waals surface area contributed by atoms with Gasteiger partial charge in [0.15, 0.2) is 19.9 Å². The predicted molar refractivity (Wildman–Crippen MR) is 56.8 cm³/mol. The van der Waals surface area contributed by atoms with Crippen LogP contribution in [0.15, 0.2) is 12.1 Å². The minimum Gasteiger partial charge on any atom is -0.467 e. The fourth-order valence-electron chi connectivity index (χ4n) is 1.14. The third-order valence-electron chi connectivity index (χ3n) is 1.86. The van der Waals surface area contributed by atoms with Crippen LogP contribution in [0.25, 0.3) is 0 Å². The molecule has 0 spiro atoms. The van der Waals surface area contributed by atoms with Gasteiger partial charge in [0.2, 0.25) is 0 Å². The number of carbonyl (C=O) groups excluding carboxylic acids is 1. The van der Waals surface area contributed by atoms with E-state index >= 15 is 0 Å². The molecule has 0 saturated carbocycles. The number of halogens is 1. The van der Waals surface area contributed by atoms with Gasteiger partial charge in [-0.2, -0.15) is 0 Å². The number of hydrogen-bond donors (Lipinski definition) is 0. The van der Waals surface area contributed by atoms with Crippen molar-refractivity contribution < 1.29 is 28.1 Å². The number of carbonyl (C=O) groups is 1. The summed E-state index contributed by atoms with van der Waals surface area (Å²) in [5.41, 5.74) is -0.174. The number of hydrogen-bond acceptors (Lipinski definition) is 5. The van der Waals surface area contributed by atoms with Gasteiger partial charge >= 0.3 is 0 Å². The molecule has 0 amide bonds. The minimum atomic E-state index is -0.722. The predicted octanol–water partition coefficient (Wildman–Crippen LogP) is 1.60. The first-order valence-corrected chi connectivity index (χ1v) is 4.75. The van der Waals surface area contributed by atoms with Crippen molar-refractivity contribution in [1.29, 1.82) is 0 Å². The highest BCUT2D eigenvalue weighted by molar-refractivity contribution is 5.80. The van der Waals surface area contributed by atoms with Crippen LogP contribution in [0.5, 0.6) is 11.5 Å². The number of rotatable bonds is 7. The molecule has 0 radical (unpaired) electrons. The Morgan fingerprint density at radius 2 is 1.82 bits per heavy atom. The lowest BCUT2D eigenvalue weighted by molar-refractivity contribution is 0.0452. The largest absolute Gasteiger partial charge is 0.467 e. The van der Waals surface area contributed by atoms with E-state index in [2.05, 4.69) is 9.47 Å². The van der Waals surface area contributed by atoms with E-state index < -0.39 is 5.82 Å². The fourth-order valence-corrected chi connectivity index (χ4v) is 1.14. The van der Waals surface area contributed by atoms with Gasteiger partial charge in [0.05, 0.1) is 5.56 Å². The molecule has 0 unspecified atom stereocenters. The molecule has 0 aliphatic carbocycles. The quantitative estimate of drug-likeness (QED) is 0.538. The molecule has 94 valence electrons. The summed E-state index contributed by atoms with van der Waals surface area (Å²) in [5, 5.41) is 0. The molecule has 1 rings (SSSR count). The number of methoxy groups -OCH3 is 2. The van der Waals surface area contributed by atoms with Gasteiger partial charge in [0, 0.05) is 26.4 Å². The van der Waals surface area contributed by atoms with Crippen LogP contribution in [0.4, 0.5) is 4.39 Å². The standard InChI is InChI=1S/C11H13FO5/c1-14-6-16-8-3-10(12)9(5-13)11(4-8)17-7-15-2/h3-5H,6-7H2,1-2H3. The summed E-state index contributed by atoms with van der Waals surface area (Å²) in [6.07, 6.45) is 0.375. The number of aldehydes is 1. The van der Waals surface area contributed by atoms with E-state index in [0.717, 1.165) is 6.07 Å². The van der Waals surface area contributed by atoms with Crippen molar-refractivity contribution in [3.63, 3.8) is 0 Å². The van der Waals surface area contributed by atoms with Crippen LogP contribution in [0, 0.1) is 5.82 Å². The highest BCUT2D eigenvalue weighted by Crippen LogP contribution is 2.27. The molecule has 5 nitrogen and oxygen atoms in total. The van der Waals surface area contributed by atoms with Gasteiger partial charge in [-0.05, 0) is 0 Å². The summed E-state index contributed by atoms with van der Waals surface area (Å²) >= 11 is 0. The first-order chi connectivity index (χ1) is 8.22. The zero-order valence-corrected chi connectivity index (χ0v) is 9.57. The highest BCUT2D eigenvalue weighted by Gasteiger charge is 2.12. The molecule has 6 heteroatoms. The highest BCUT2D eigenvalue weighted by atomic mass is 19.1. The molecule has 0 aliphatic rings. The molecule has 1 aromatic carbocycles. The van der Waals surface area contributed by atoms with Crippen molar-refractivity contribution in [2.45, 2.75) is 0 Å². The lowest BCUT2D eigenvalue weighted by atomic mass is 10.2. The first kappa shape index (κ1) is 13.4. The van der Waals surface area contributed by atoms with Gasteiger partial charge in [-0.25, -0.2) is 4.39 Å². The summed E-state index contributed by atoms with van der Waals surface area (Å²) in [5.74, 6) is -0.450. The van der Waals surface area contributed by atoms with Gasteiger partial charge in [0.1, 0.15) is 17.3 Å². The van der Waals surface area contributed by atoms with Gasteiger partial charge in [0.25, 0.3) is 0 Å². The second kappa shape index (κ2) is 6.82. The molecule has 0 bridgehead atoms. The van der Waals surface area contributed by atoms with Crippen molar-refractivity contribution in [3.05, 3.63) is 23.5 Å². The van der Waals surface area contributed by atoms with Crippen LogP contribution in [-0.4, -0.2) is 34.1 Å². The molecule has 17 heavy (non-hydrogen) atoms. The smallest absolute Gasteiger partial charge is 0.188 e. The van der Waals surface area contributed by atoms with E-state index in [1.165, 1.54) is 20.3 Å². The Morgan fingerprint density at radius 1 is 1.18 bits per heavy atom. The summed E-state index contributed by atoms with van der Waals surface area (Å²) in [6, 6.07) is 2.48. The molecule has 0 fully saturated rings. The van der Waals surface area contributed by atoms with Crippen molar-refractivity contribution in [1.82, 2.24) is 0 Å². The van der Waals surface area contributed by atoms with E-state index in [9.17, 15) is 9.18 Å². The normalized spacial score (nSPS) is 10.1. The maximum Gasteiger partial charge on any atom is 0.188 e. The summed E-state index contributed by atoms with van der Waals surface area (Å²) in [7, 11) is 2.86. The van der Waals surface area contributed by atoms with Crippen molar-refractivity contribution >= 4 is 6.29 Å². The maximum atomic E-state index is 13.5. The molecule has 1 aromatic rings. The van der Waals surface area contributed by atoms with Crippen LogP contribution in [-0.2, 0) is 9.47 Å². The Kier molecular flexibility index (Phi) is 5.38. The SMILES string of the molecule is COCOc1cc(F)c(C=O)c(OCOC)c1. The third kappa shape index (κ3) is 3.69. The fraction of sp³-hybridized carbons (Fsp3) is 0.364. The van der Waals surface area contributed by atoms with Crippen molar-refractivity contribution in [2.24, 2.45) is 0 Å². The topological polar surface area (TPSA) is 54.0 Å². The average Bonchev–Trinajstić information content (AvgIpc) is 2.33. The lowest BCUT2D eigenvalue weighted by Gasteiger charge is -2.11. The van der Waals surface area contributed by atoms with Crippen LogP contribution in [0.1, 0.15) is 10.4 Å². The van der Waals surface area contributed by atoms with Gasteiger partial charge in [-0.3, -0.25) is 4.79 Å². The third-order valence-corrected chi connectivity index (χ3v) is 1.86. The second-order valence-corrected chi connectivity index (χ2v) is 3.04. The Hall–Kier alpha value is -1.66. The van der Waals surface area contributed by atoms with Crippen LogP contribution in [0.2, 0.25) is 0 Å². The zero-order chi connectivity index (χ0) is 12.7. The summed E-state index contributed by atoms with van der Waals surface area (Å²) in [4.78, 5) is 10.7. The van der Waals surface area contributed by atoms with Gasteiger partial charge < -0.3 is 18.9 Å². The lowest BCUT2D eigenvalue weighted by Crippen LogP contribution is -2.05.